The van der Waals surface area contributed by atoms with Gasteiger partial charge in [-0.05, 0) is 39.6 Å². The molecule has 1 fully saturated rings. The van der Waals surface area contributed by atoms with Gasteiger partial charge in [0, 0.05) is 43.9 Å². The van der Waals surface area contributed by atoms with Crippen molar-refractivity contribution < 1.29 is 14.6 Å². The quantitative estimate of drug-likeness (QED) is 0.497. The zero-order chi connectivity index (χ0) is 22.6. The van der Waals surface area contributed by atoms with Crippen LogP contribution in [0.1, 0.15) is 28.8 Å². The van der Waals surface area contributed by atoms with Crippen molar-refractivity contribution in [3.05, 3.63) is 90.3 Å². The van der Waals surface area contributed by atoms with E-state index in [-0.39, 0.29) is 18.6 Å². The summed E-state index contributed by atoms with van der Waals surface area (Å²) in [6.45, 7) is 1.29. The first-order valence-corrected chi connectivity index (χ1v) is 11.2. The van der Waals surface area contributed by atoms with E-state index in [1.54, 1.807) is 18.5 Å². The predicted octanol–water partition coefficient (Wildman–Crippen LogP) is 4.47. The third-order valence-electron chi connectivity index (χ3n) is 6.15. The van der Waals surface area contributed by atoms with E-state index in [0.29, 0.717) is 24.7 Å². The number of nitrogens with zero attached hydrogens (tertiary/aromatic N) is 3. The van der Waals surface area contributed by atoms with Gasteiger partial charge < -0.3 is 14.7 Å². The first-order valence-electron chi connectivity index (χ1n) is 11.2. The van der Waals surface area contributed by atoms with E-state index in [1.165, 1.54) is 0 Å². The highest BCUT2D eigenvalue weighted by atomic mass is 16.5. The Morgan fingerprint density at radius 3 is 2.30 bits per heavy atom. The van der Waals surface area contributed by atoms with Gasteiger partial charge in [-0.2, -0.15) is 0 Å². The Balaban J connectivity index is 1.36. The van der Waals surface area contributed by atoms with Crippen LogP contribution in [-0.2, 0) is 6.61 Å². The maximum absolute atomic E-state index is 13.4. The summed E-state index contributed by atoms with van der Waals surface area (Å²) in [6.07, 6.45) is 4.83. The topological polar surface area (TPSA) is 75.5 Å². The summed E-state index contributed by atoms with van der Waals surface area (Å²) in [4.78, 5) is 23.6. The average molecular weight is 440 g/mol. The van der Waals surface area contributed by atoms with Crippen molar-refractivity contribution in [2.24, 2.45) is 0 Å². The molecule has 1 N–H and O–H groups in total. The number of ether oxygens (including phenoxy) is 1. The lowest BCUT2D eigenvalue weighted by molar-refractivity contribution is 0.0580. The maximum Gasteiger partial charge on any atom is 0.316 e. The molecular formula is C27H25N3O3. The molecule has 1 saturated heterocycles. The minimum absolute atomic E-state index is 0.0115. The Morgan fingerprint density at radius 2 is 1.61 bits per heavy atom. The molecule has 0 saturated carbocycles. The molecule has 6 nitrogen and oxygen atoms in total. The molecule has 0 unspecified atom stereocenters. The fourth-order valence-electron chi connectivity index (χ4n) is 4.37. The number of carbonyl (C=O) groups is 1. The lowest BCUT2D eigenvalue weighted by Crippen LogP contribution is -2.42. The van der Waals surface area contributed by atoms with Gasteiger partial charge in [0.2, 0.25) is 0 Å². The van der Waals surface area contributed by atoms with Crippen LogP contribution in [0.2, 0.25) is 0 Å². The Bertz CT molecular complexity index is 1250. The van der Waals surface area contributed by atoms with Crippen LogP contribution in [0, 0.1) is 0 Å². The van der Waals surface area contributed by atoms with Crippen LogP contribution in [0.15, 0.2) is 79.1 Å². The summed E-state index contributed by atoms with van der Waals surface area (Å²) >= 11 is 0. The molecule has 3 aromatic carbocycles. The number of carbonyl (C=O) groups excluding carboxylic acids is 1. The molecule has 1 aliphatic heterocycles. The van der Waals surface area contributed by atoms with E-state index in [1.807, 2.05) is 59.5 Å². The second-order valence-electron chi connectivity index (χ2n) is 8.20. The van der Waals surface area contributed by atoms with E-state index in [9.17, 15) is 9.90 Å². The number of aliphatic hydroxyl groups is 1. The molecule has 166 valence electrons. The van der Waals surface area contributed by atoms with E-state index in [0.717, 1.165) is 40.3 Å². The van der Waals surface area contributed by atoms with Gasteiger partial charge in [0.15, 0.2) is 0 Å². The standard InChI is InChI=1S/C27H25N3O3/c31-18-19-6-8-20(9-7-19)22-10-11-25(24-5-2-1-4-23(22)24)26(32)30-16-12-21(13-17-30)33-27-28-14-3-15-29-27/h1-11,14-15,21,31H,12-13,16-18H2. The molecule has 6 heteroatoms. The number of rotatable bonds is 5. The van der Waals surface area contributed by atoms with Crippen molar-refractivity contribution in [3.8, 4) is 17.1 Å². The molecule has 33 heavy (non-hydrogen) atoms. The summed E-state index contributed by atoms with van der Waals surface area (Å²) in [5, 5.41) is 11.3. The highest BCUT2D eigenvalue weighted by Gasteiger charge is 2.26. The van der Waals surface area contributed by atoms with E-state index >= 15 is 0 Å². The third-order valence-corrected chi connectivity index (χ3v) is 6.15. The number of likely N-dealkylation sites (tertiary alicyclic amines) is 1. The number of hydrogen-bond donors (Lipinski definition) is 1. The third kappa shape index (κ3) is 4.43. The summed E-state index contributed by atoms with van der Waals surface area (Å²) in [5.74, 6) is 0.0442. The normalized spacial score (nSPS) is 14.4. The highest BCUT2D eigenvalue weighted by molar-refractivity contribution is 6.11. The second-order valence-corrected chi connectivity index (χ2v) is 8.20. The van der Waals surface area contributed by atoms with Gasteiger partial charge in [0.25, 0.3) is 5.91 Å². The van der Waals surface area contributed by atoms with Gasteiger partial charge in [-0.1, -0.05) is 54.6 Å². The zero-order valence-corrected chi connectivity index (χ0v) is 18.2. The number of amides is 1. The van der Waals surface area contributed by atoms with E-state index < -0.39 is 0 Å². The largest absolute Gasteiger partial charge is 0.460 e. The first-order chi connectivity index (χ1) is 16.2. The number of benzene rings is 3. The summed E-state index contributed by atoms with van der Waals surface area (Å²) in [7, 11) is 0. The molecule has 0 bridgehead atoms. The maximum atomic E-state index is 13.4. The molecule has 1 aromatic heterocycles. The van der Waals surface area contributed by atoms with E-state index in [4.69, 9.17) is 4.74 Å². The van der Waals surface area contributed by atoms with E-state index in [2.05, 4.69) is 16.0 Å². The molecule has 2 heterocycles. The molecule has 0 aliphatic carbocycles. The Morgan fingerprint density at radius 1 is 0.909 bits per heavy atom. The predicted molar refractivity (Wildman–Crippen MR) is 127 cm³/mol. The molecule has 5 rings (SSSR count). The first kappa shape index (κ1) is 21.1. The van der Waals surface area contributed by atoms with Crippen molar-refractivity contribution >= 4 is 16.7 Å². The van der Waals surface area contributed by atoms with Crippen molar-refractivity contribution in [2.75, 3.05) is 13.1 Å². The smallest absolute Gasteiger partial charge is 0.316 e. The summed E-state index contributed by atoms with van der Waals surface area (Å²) in [6, 6.07) is 22.0. The highest BCUT2D eigenvalue weighted by Crippen LogP contribution is 2.32. The SMILES string of the molecule is O=C(c1ccc(-c2ccc(CO)cc2)c2ccccc12)N1CCC(Oc2ncccn2)CC1. The van der Waals surface area contributed by atoms with Gasteiger partial charge in [-0.25, -0.2) is 9.97 Å². The lowest BCUT2D eigenvalue weighted by atomic mass is 9.93. The lowest BCUT2D eigenvalue weighted by Gasteiger charge is -2.32. The van der Waals surface area contributed by atoms with Gasteiger partial charge in [0.1, 0.15) is 6.10 Å². The van der Waals surface area contributed by atoms with Gasteiger partial charge in [-0.15, -0.1) is 0 Å². The van der Waals surface area contributed by atoms with Crippen molar-refractivity contribution in [1.29, 1.82) is 0 Å². The monoisotopic (exact) mass is 439 g/mol. The number of hydrogen-bond acceptors (Lipinski definition) is 5. The van der Waals surface area contributed by atoms with Crippen LogP contribution >= 0.6 is 0 Å². The number of fused-ring (bicyclic) bond motifs is 1. The molecule has 4 aromatic rings. The van der Waals surface area contributed by atoms with Crippen LogP contribution in [0.5, 0.6) is 6.01 Å². The minimum Gasteiger partial charge on any atom is -0.460 e. The fourth-order valence-corrected chi connectivity index (χ4v) is 4.37. The van der Waals surface area contributed by atoms with Crippen molar-refractivity contribution in [2.45, 2.75) is 25.6 Å². The minimum atomic E-state index is 0.0115. The van der Waals surface area contributed by atoms with Crippen LogP contribution in [0.25, 0.3) is 21.9 Å². The fraction of sp³-hybridized carbons (Fsp3) is 0.222. The van der Waals surface area contributed by atoms with Gasteiger partial charge in [0.05, 0.1) is 6.61 Å². The van der Waals surface area contributed by atoms with Crippen LogP contribution in [0.3, 0.4) is 0 Å². The van der Waals surface area contributed by atoms with Crippen molar-refractivity contribution in [3.63, 3.8) is 0 Å². The molecule has 1 aliphatic rings. The molecule has 0 radical (unpaired) electrons. The Labute approximate surface area is 192 Å². The average Bonchev–Trinajstić information content (AvgIpc) is 2.89. The zero-order valence-electron chi connectivity index (χ0n) is 18.2. The number of piperidine rings is 1. The molecule has 0 spiro atoms. The molecule has 0 atom stereocenters. The van der Waals surface area contributed by atoms with Gasteiger partial charge >= 0.3 is 6.01 Å². The number of aromatic nitrogens is 2. The summed E-state index contributed by atoms with van der Waals surface area (Å²) < 4.78 is 5.86. The van der Waals surface area contributed by atoms with Crippen LogP contribution in [0.4, 0.5) is 0 Å². The second kappa shape index (κ2) is 9.38. The Kier molecular flexibility index (Phi) is 6.00. The van der Waals surface area contributed by atoms with Crippen LogP contribution in [-0.4, -0.2) is 45.1 Å². The van der Waals surface area contributed by atoms with Gasteiger partial charge in [-0.3, -0.25) is 4.79 Å². The number of aliphatic hydroxyl groups excluding tert-OH is 1. The summed E-state index contributed by atoms with van der Waals surface area (Å²) in [5.41, 5.74) is 3.72. The molecular weight excluding hydrogens is 414 g/mol. The molecule has 1 amide bonds. The van der Waals surface area contributed by atoms with Crippen molar-refractivity contribution in [1.82, 2.24) is 14.9 Å². The van der Waals surface area contributed by atoms with Crippen LogP contribution < -0.4 is 4.74 Å². The Hall–Kier alpha value is -3.77.